The van der Waals surface area contributed by atoms with Crippen molar-refractivity contribution >= 4 is 45.7 Å². The third-order valence-corrected chi connectivity index (χ3v) is 7.38. The Kier molecular flexibility index (Phi) is 5.90. The molecule has 8 nitrogen and oxygen atoms in total. The van der Waals surface area contributed by atoms with Crippen molar-refractivity contribution in [2.24, 2.45) is 0 Å². The van der Waals surface area contributed by atoms with E-state index in [0.29, 0.717) is 22.3 Å². The molecule has 10 heteroatoms. The van der Waals surface area contributed by atoms with Gasteiger partial charge in [-0.3, -0.25) is 9.59 Å². The van der Waals surface area contributed by atoms with Gasteiger partial charge in [-0.25, -0.2) is 4.98 Å². The lowest BCUT2D eigenvalue weighted by atomic mass is 10.0. The van der Waals surface area contributed by atoms with Crippen LogP contribution in [0.5, 0.6) is 0 Å². The molecule has 2 aromatic heterocycles. The van der Waals surface area contributed by atoms with E-state index in [4.69, 9.17) is 11.6 Å². The first-order valence-corrected chi connectivity index (χ1v) is 11.9. The monoisotopic (exact) mass is 472 g/mol. The fraction of sp³-hybridized carbons (Fsp3) is 0.409. The highest BCUT2D eigenvalue weighted by Gasteiger charge is 2.30. The molecule has 168 valence electrons. The Morgan fingerprint density at radius 1 is 1.22 bits per heavy atom. The first kappa shape index (κ1) is 21.4. The number of thiazole rings is 1. The molecule has 2 amide bonds. The van der Waals surface area contributed by atoms with Crippen molar-refractivity contribution in [3.8, 4) is 0 Å². The lowest BCUT2D eigenvalue weighted by Crippen LogP contribution is -2.59. The number of amides is 2. The second kappa shape index (κ2) is 8.82. The van der Waals surface area contributed by atoms with Crippen LogP contribution in [-0.4, -0.2) is 65.4 Å². The number of hydrogen-bond donors (Lipinski definition) is 4. The summed E-state index contributed by atoms with van der Waals surface area (Å²) < 4.78 is 0. The van der Waals surface area contributed by atoms with E-state index in [0.717, 1.165) is 53.9 Å². The van der Waals surface area contributed by atoms with Gasteiger partial charge in [-0.1, -0.05) is 11.6 Å². The van der Waals surface area contributed by atoms with Gasteiger partial charge in [-0.15, -0.1) is 11.3 Å². The van der Waals surface area contributed by atoms with Crippen LogP contribution in [0.4, 0.5) is 0 Å². The lowest BCUT2D eigenvalue weighted by molar-refractivity contribution is 0.0866. The summed E-state index contributed by atoms with van der Waals surface area (Å²) in [5.41, 5.74) is 2.35. The van der Waals surface area contributed by atoms with Gasteiger partial charge in [0, 0.05) is 46.9 Å². The van der Waals surface area contributed by atoms with Crippen molar-refractivity contribution < 1.29 is 9.59 Å². The molecule has 2 atom stereocenters. The number of nitrogens with zero attached hydrogens (tertiary/aromatic N) is 2. The van der Waals surface area contributed by atoms with Gasteiger partial charge in [0.25, 0.3) is 11.8 Å². The summed E-state index contributed by atoms with van der Waals surface area (Å²) in [7, 11) is 2.08. The summed E-state index contributed by atoms with van der Waals surface area (Å²) in [5.74, 6) is -0.378. The van der Waals surface area contributed by atoms with Crippen LogP contribution < -0.4 is 16.0 Å². The van der Waals surface area contributed by atoms with Crippen LogP contribution >= 0.6 is 22.9 Å². The van der Waals surface area contributed by atoms with Crippen molar-refractivity contribution in [2.75, 3.05) is 26.7 Å². The number of carbonyl (C=O) groups excluding carboxylic acids is 2. The van der Waals surface area contributed by atoms with E-state index in [-0.39, 0.29) is 23.9 Å². The molecule has 4 heterocycles. The number of benzene rings is 1. The van der Waals surface area contributed by atoms with E-state index in [1.54, 1.807) is 12.1 Å². The van der Waals surface area contributed by atoms with Crippen LogP contribution in [0.1, 0.15) is 37.3 Å². The summed E-state index contributed by atoms with van der Waals surface area (Å²) in [5, 5.41) is 11.5. The van der Waals surface area contributed by atoms with Crippen LogP contribution in [-0.2, 0) is 13.0 Å². The SMILES string of the molecule is CN1CCc2nc(C(=O)NC3CCNCC3NC(=O)c3cc4cc(Cl)ccc4[nH]3)sc2C1. The second-order valence-electron chi connectivity index (χ2n) is 8.44. The predicted octanol–water partition coefficient (Wildman–Crippen LogP) is 2.16. The molecular weight excluding hydrogens is 448 g/mol. The number of carbonyl (C=O) groups is 2. The van der Waals surface area contributed by atoms with Gasteiger partial charge in [0.1, 0.15) is 5.69 Å². The van der Waals surface area contributed by atoms with Gasteiger partial charge in [-0.2, -0.15) is 0 Å². The Labute approximate surface area is 194 Å². The largest absolute Gasteiger partial charge is 0.351 e. The van der Waals surface area contributed by atoms with Gasteiger partial charge >= 0.3 is 0 Å². The van der Waals surface area contributed by atoms with Gasteiger partial charge in [0.15, 0.2) is 5.01 Å². The summed E-state index contributed by atoms with van der Waals surface area (Å²) in [4.78, 5) is 36.9. The molecule has 0 aliphatic carbocycles. The van der Waals surface area contributed by atoms with Crippen molar-refractivity contribution in [1.29, 1.82) is 0 Å². The van der Waals surface area contributed by atoms with Gasteiger partial charge in [0.2, 0.25) is 0 Å². The molecule has 0 saturated carbocycles. The van der Waals surface area contributed by atoms with E-state index in [1.807, 2.05) is 12.1 Å². The molecule has 1 aromatic carbocycles. The quantitative estimate of drug-likeness (QED) is 0.466. The molecule has 1 fully saturated rings. The molecule has 0 bridgehead atoms. The van der Waals surface area contributed by atoms with Crippen molar-refractivity contribution in [3.05, 3.63) is 50.6 Å². The molecule has 5 rings (SSSR count). The van der Waals surface area contributed by atoms with Crippen LogP contribution in [0.2, 0.25) is 5.02 Å². The zero-order valence-corrected chi connectivity index (χ0v) is 19.3. The Balaban J connectivity index is 1.27. The standard InChI is InChI=1S/C22H25ClN6O2S/c1-29-7-5-16-19(11-29)32-22(28-16)21(31)26-15-4-6-24-10-18(15)27-20(30)17-9-12-8-13(23)2-3-14(12)25-17/h2-3,8-9,15,18,24-25H,4-7,10-11H2,1H3,(H,26,31)(H,27,30). The minimum atomic E-state index is -0.226. The number of piperidine rings is 1. The Bertz CT molecular complexity index is 1170. The Morgan fingerprint density at radius 2 is 2.06 bits per heavy atom. The zero-order valence-electron chi connectivity index (χ0n) is 17.7. The van der Waals surface area contributed by atoms with Crippen LogP contribution in [0.3, 0.4) is 0 Å². The third-order valence-electron chi connectivity index (χ3n) is 6.06. The normalized spacial score (nSPS) is 21.3. The number of likely N-dealkylation sites (N-methyl/N-ethyl adjacent to an activating group) is 1. The predicted molar refractivity (Wildman–Crippen MR) is 125 cm³/mol. The molecule has 2 aliphatic rings. The highest BCUT2D eigenvalue weighted by molar-refractivity contribution is 7.13. The smallest absolute Gasteiger partial charge is 0.280 e. The lowest BCUT2D eigenvalue weighted by Gasteiger charge is -2.33. The van der Waals surface area contributed by atoms with Gasteiger partial charge < -0.3 is 25.8 Å². The molecule has 2 unspecified atom stereocenters. The summed E-state index contributed by atoms with van der Waals surface area (Å²) >= 11 is 7.52. The minimum absolute atomic E-state index is 0.168. The topological polar surface area (TPSA) is 102 Å². The molecule has 32 heavy (non-hydrogen) atoms. The highest BCUT2D eigenvalue weighted by atomic mass is 35.5. The summed E-state index contributed by atoms with van der Waals surface area (Å²) in [6.45, 7) is 3.16. The first-order valence-electron chi connectivity index (χ1n) is 10.7. The maximum atomic E-state index is 12.9. The fourth-order valence-corrected chi connectivity index (χ4v) is 5.58. The number of nitrogens with one attached hydrogen (secondary N) is 4. The number of hydrogen-bond acceptors (Lipinski definition) is 6. The number of aromatic amines is 1. The average Bonchev–Trinajstić information content (AvgIpc) is 3.38. The van der Waals surface area contributed by atoms with Crippen LogP contribution in [0, 0.1) is 0 Å². The number of halogens is 1. The molecule has 3 aromatic rings. The second-order valence-corrected chi connectivity index (χ2v) is 9.96. The average molecular weight is 473 g/mol. The number of aromatic nitrogens is 2. The van der Waals surface area contributed by atoms with Crippen molar-refractivity contribution in [1.82, 2.24) is 30.8 Å². The number of fused-ring (bicyclic) bond motifs is 2. The molecular formula is C22H25ClN6O2S. The summed E-state index contributed by atoms with van der Waals surface area (Å²) in [6.07, 6.45) is 1.60. The number of H-pyrrole nitrogens is 1. The van der Waals surface area contributed by atoms with Gasteiger partial charge in [-0.05, 0) is 44.3 Å². The van der Waals surface area contributed by atoms with E-state index >= 15 is 0 Å². The highest BCUT2D eigenvalue weighted by Crippen LogP contribution is 2.25. The Hall–Kier alpha value is -2.46. The third kappa shape index (κ3) is 4.38. The fourth-order valence-electron chi connectivity index (χ4n) is 4.31. The molecule has 0 spiro atoms. The minimum Gasteiger partial charge on any atom is -0.351 e. The maximum Gasteiger partial charge on any atom is 0.280 e. The number of rotatable bonds is 4. The van der Waals surface area contributed by atoms with Gasteiger partial charge in [0.05, 0.1) is 17.8 Å². The molecule has 1 saturated heterocycles. The zero-order chi connectivity index (χ0) is 22.2. The Morgan fingerprint density at radius 3 is 2.94 bits per heavy atom. The first-order chi connectivity index (χ1) is 15.5. The van der Waals surface area contributed by atoms with E-state index < -0.39 is 0 Å². The van der Waals surface area contributed by atoms with E-state index in [1.165, 1.54) is 11.3 Å². The molecule has 4 N–H and O–H groups in total. The van der Waals surface area contributed by atoms with E-state index in [2.05, 4.69) is 37.9 Å². The molecule has 2 aliphatic heterocycles. The van der Waals surface area contributed by atoms with E-state index in [9.17, 15) is 9.59 Å². The van der Waals surface area contributed by atoms with Crippen LogP contribution in [0.15, 0.2) is 24.3 Å². The molecule has 0 radical (unpaired) electrons. The van der Waals surface area contributed by atoms with Crippen molar-refractivity contribution in [3.63, 3.8) is 0 Å². The van der Waals surface area contributed by atoms with Crippen molar-refractivity contribution in [2.45, 2.75) is 31.5 Å². The summed E-state index contributed by atoms with van der Waals surface area (Å²) in [6, 6.07) is 6.85. The maximum absolute atomic E-state index is 12.9. The van der Waals surface area contributed by atoms with Crippen LogP contribution in [0.25, 0.3) is 10.9 Å².